The molecule has 2 aromatic carbocycles. The predicted octanol–water partition coefficient (Wildman–Crippen LogP) is 4.41. The Bertz CT molecular complexity index is 1220. The number of aromatic nitrogens is 2. The molecule has 0 bridgehead atoms. The van der Waals surface area contributed by atoms with E-state index in [0.717, 1.165) is 16.9 Å². The van der Waals surface area contributed by atoms with Gasteiger partial charge in [0.15, 0.2) is 0 Å². The van der Waals surface area contributed by atoms with Crippen LogP contribution in [0, 0.1) is 6.92 Å². The van der Waals surface area contributed by atoms with Gasteiger partial charge in [0.25, 0.3) is 5.91 Å². The van der Waals surface area contributed by atoms with Crippen molar-refractivity contribution in [2.24, 2.45) is 0 Å². The molecule has 2 aliphatic rings. The van der Waals surface area contributed by atoms with Crippen LogP contribution in [0.3, 0.4) is 0 Å². The van der Waals surface area contributed by atoms with Crippen LogP contribution in [0.1, 0.15) is 18.4 Å². The van der Waals surface area contributed by atoms with E-state index in [2.05, 4.69) is 10.1 Å². The molecule has 3 heterocycles. The first-order valence-corrected chi connectivity index (χ1v) is 11.6. The summed E-state index contributed by atoms with van der Waals surface area (Å²) in [6.45, 7) is 4.53. The van der Waals surface area contributed by atoms with E-state index < -0.39 is 11.3 Å². The minimum Gasteiger partial charge on any atom is -0.494 e. The van der Waals surface area contributed by atoms with Crippen molar-refractivity contribution in [3.63, 3.8) is 0 Å². The number of nitrogens with zero attached hydrogens (tertiary/aromatic N) is 4. The van der Waals surface area contributed by atoms with Gasteiger partial charge in [-0.1, -0.05) is 41.1 Å². The fourth-order valence-corrected chi connectivity index (χ4v) is 4.96. The number of anilines is 1. The van der Waals surface area contributed by atoms with E-state index in [0.29, 0.717) is 24.0 Å². The average Bonchev–Trinajstić information content (AvgIpc) is 3.49. The van der Waals surface area contributed by atoms with Crippen LogP contribution in [-0.2, 0) is 11.3 Å². The van der Waals surface area contributed by atoms with Gasteiger partial charge in [0, 0.05) is 5.56 Å². The molecule has 0 saturated carbocycles. The number of amides is 3. The van der Waals surface area contributed by atoms with Gasteiger partial charge in [-0.3, -0.25) is 4.79 Å². The number of hydrogen-bond donors (Lipinski definition) is 0. The highest BCUT2D eigenvalue weighted by molar-refractivity contribution is 8.03. The molecule has 0 spiro atoms. The van der Waals surface area contributed by atoms with Gasteiger partial charge in [0.2, 0.25) is 11.7 Å². The number of carbonyl (C=O) groups excluding carboxylic acids is 2. The zero-order chi connectivity index (χ0) is 22.9. The van der Waals surface area contributed by atoms with E-state index in [-0.39, 0.29) is 18.5 Å². The molecule has 2 atom stereocenters. The van der Waals surface area contributed by atoms with Crippen molar-refractivity contribution >= 4 is 29.4 Å². The van der Waals surface area contributed by atoms with Crippen LogP contribution < -0.4 is 9.64 Å². The first-order valence-electron chi connectivity index (χ1n) is 10.6. The molecule has 33 heavy (non-hydrogen) atoms. The Morgan fingerprint density at radius 1 is 1.15 bits per heavy atom. The van der Waals surface area contributed by atoms with Crippen LogP contribution in [0.25, 0.3) is 11.4 Å². The fourth-order valence-electron chi connectivity index (χ4n) is 3.92. The Morgan fingerprint density at radius 2 is 1.97 bits per heavy atom. The number of ether oxygens (including phenoxy) is 1. The minimum absolute atomic E-state index is 0.0959. The molecule has 0 N–H and O–H groups in total. The van der Waals surface area contributed by atoms with Crippen LogP contribution >= 0.6 is 11.8 Å². The van der Waals surface area contributed by atoms with Crippen molar-refractivity contribution in [1.82, 2.24) is 15.0 Å². The number of carbonyl (C=O) groups is 2. The van der Waals surface area contributed by atoms with Gasteiger partial charge in [-0.2, -0.15) is 4.98 Å². The maximum absolute atomic E-state index is 13.4. The molecule has 2 aliphatic heterocycles. The molecular weight excluding hydrogens is 440 g/mol. The number of imide groups is 1. The number of benzene rings is 2. The third kappa shape index (κ3) is 4.00. The lowest BCUT2D eigenvalue weighted by atomic mass is 10.1. The zero-order valence-corrected chi connectivity index (χ0v) is 19.0. The smallest absolute Gasteiger partial charge is 0.332 e. The highest BCUT2D eigenvalue weighted by atomic mass is 32.2. The molecule has 0 aliphatic carbocycles. The van der Waals surface area contributed by atoms with Crippen molar-refractivity contribution in [2.75, 3.05) is 11.5 Å². The number of aryl methyl sites for hydroxylation is 1. The van der Waals surface area contributed by atoms with Gasteiger partial charge in [-0.15, -0.1) is 11.8 Å². The number of hydrogen-bond acceptors (Lipinski definition) is 7. The van der Waals surface area contributed by atoms with Crippen molar-refractivity contribution in [3.05, 3.63) is 71.5 Å². The Morgan fingerprint density at radius 3 is 2.76 bits per heavy atom. The van der Waals surface area contributed by atoms with Gasteiger partial charge in [-0.05, 0) is 43.5 Å². The Kier molecular flexibility index (Phi) is 5.63. The first kappa shape index (κ1) is 21.3. The van der Waals surface area contributed by atoms with Crippen molar-refractivity contribution in [3.8, 4) is 17.1 Å². The highest BCUT2D eigenvalue weighted by Gasteiger charge is 2.48. The molecule has 3 amide bonds. The number of fused-ring (bicyclic) bond motifs is 1. The van der Waals surface area contributed by atoms with Gasteiger partial charge in [0.1, 0.15) is 17.5 Å². The standard InChI is InChI=1S/C24H22N4O4S/c1-3-31-18-6-4-5-16(13-18)22-25-20(32-26-22)14-27-19-11-12-33-21(19)23(29)28(24(27)30)17-9-7-15(2)8-10-17/h4-13,19,21H,3,14H2,1-2H3. The van der Waals surface area contributed by atoms with E-state index in [1.807, 2.05) is 61.7 Å². The summed E-state index contributed by atoms with van der Waals surface area (Å²) in [5.74, 6) is 1.20. The Balaban J connectivity index is 1.42. The third-order valence-electron chi connectivity index (χ3n) is 5.54. The van der Waals surface area contributed by atoms with Gasteiger partial charge in [-0.25, -0.2) is 9.69 Å². The predicted molar refractivity (Wildman–Crippen MR) is 125 cm³/mol. The molecular formula is C24H22N4O4S. The Hall–Kier alpha value is -3.59. The largest absolute Gasteiger partial charge is 0.494 e. The van der Waals surface area contributed by atoms with E-state index in [4.69, 9.17) is 9.26 Å². The maximum atomic E-state index is 13.4. The van der Waals surface area contributed by atoms with Gasteiger partial charge >= 0.3 is 6.03 Å². The van der Waals surface area contributed by atoms with E-state index >= 15 is 0 Å². The normalized spacial score (nSPS) is 19.8. The quantitative estimate of drug-likeness (QED) is 0.536. The second-order valence-corrected chi connectivity index (χ2v) is 8.82. The molecule has 9 heteroatoms. The summed E-state index contributed by atoms with van der Waals surface area (Å²) in [7, 11) is 0. The molecule has 3 aromatic rings. The summed E-state index contributed by atoms with van der Waals surface area (Å²) in [6.07, 6.45) is 1.88. The second-order valence-electron chi connectivity index (χ2n) is 7.77. The molecule has 8 nitrogen and oxygen atoms in total. The fraction of sp³-hybridized carbons (Fsp3) is 0.250. The summed E-state index contributed by atoms with van der Waals surface area (Å²) in [5.41, 5.74) is 2.35. The topological polar surface area (TPSA) is 88.8 Å². The van der Waals surface area contributed by atoms with Crippen molar-refractivity contribution in [2.45, 2.75) is 31.7 Å². The van der Waals surface area contributed by atoms with Crippen LogP contribution in [0.5, 0.6) is 5.75 Å². The van der Waals surface area contributed by atoms with E-state index in [9.17, 15) is 9.59 Å². The zero-order valence-electron chi connectivity index (χ0n) is 18.2. The van der Waals surface area contributed by atoms with Crippen LogP contribution in [0.4, 0.5) is 10.5 Å². The van der Waals surface area contributed by atoms with Crippen molar-refractivity contribution < 1.29 is 18.8 Å². The summed E-state index contributed by atoms with van der Waals surface area (Å²) in [5, 5.41) is 5.54. The summed E-state index contributed by atoms with van der Waals surface area (Å²) < 4.78 is 11.0. The molecule has 5 rings (SSSR count). The number of thioether (sulfide) groups is 1. The number of rotatable bonds is 6. The van der Waals surface area contributed by atoms with E-state index in [1.54, 1.807) is 17.0 Å². The Labute approximate surface area is 195 Å². The van der Waals surface area contributed by atoms with Crippen LogP contribution in [-0.4, -0.2) is 44.9 Å². The average molecular weight is 463 g/mol. The summed E-state index contributed by atoms with van der Waals surface area (Å²) in [4.78, 5) is 33.9. The molecule has 2 unspecified atom stereocenters. The first-order chi connectivity index (χ1) is 16.0. The third-order valence-corrected chi connectivity index (χ3v) is 6.63. The molecule has 1 aromatic heterocycles. The maximum Gasteiger partial charge on any atom is 0.332 e. The SMILES string of the molecule is CCOc1cccc(-c2noc(CN3C(=O)N(c4ccc(C)cc4)C(=O)C4SC=CC43)n2)c1. The lowest BCUT2D eigenvalue weighted by Gasteiger charge is -2.40. The lowest BCUT2D eigenvalue weighted by molar-refractivity contribution is -0.119. The number of urea groups is 1. The molecule has 1 saturated heterocycles. The molecule has 1 fully saturated rings. The van der Waals surface area contributed by atoms with Gasteiger partial charge in [0.05, 0.1) is 18.3 Å². The highest BCUT2D eigenvalue weighted by Crippen LogP contribution is 2.37. The second kappa shape index (κ2) is 8.74. The monoisotopic (exact) mass is 462 g/mol. The van der Waals surface area contributed by atoms with Crippen LogP contribution in [0.15, 0.2) is 64.5 Å². The minimum atomic E-state index is -0.408. The lowest BCUT2D eigenvalue weighted by Crippen LogP contribution is -2.61. The molecule has 0 radical (unpaired) electrons. The summed E-state index contributed by atoms with van der Waals surface area (Å²) >= 11 is 1.41. The van der Waals surface area contributed by atoms with Crippen molar-refractivity contribution in [1.29, 1.82) is 0 Å². The molecule has 168 valence electrons. The summed E-state index contributed by atoms with van der Waals surface area (Å²) in [6, 6.07) is 14.0. The van der Waals surface area contributed by atoms with Gasteiger partial charge < -0.3 is 14.2 Å². The van der Waals surface area contributed by atoms with E-state index in [1.165, 1.54) is 16.7 Å². The van der Waals surface area contributed by atoms with Crippen LogP contribution in [0.2, 0.25) is 0 Å².